The van der Waals surface area contributed by atoms with Gasteiger partial charge in [-0.1, -0.05) is 96.6 Å². The van der Waals surface area contributed by atoms with Gasteiger partial charge in [-0.25, -0.2) is 0 Å². The third kappa shape index (κ3) is 9.23. The van der Waals surface area contributed by atoms with Gasteiger partial charge >= 0.3 is 0 Å². The Bertz CT molecular complexity index is 623. The molecule has 0 radical (unpaired) electrons. The summed E-state index contributed by atoms with van der Waals surface area (Å²) in [5.41, 5.74) is 0.481. The minimum absolute atomic E-state index is 0.287. The Morgan fingerprint density at radius 2 is 1.30 bits per heavy atom. The van der Waals surface area contributed by atoms with Crippen LogP contribution in [-0.4, -0.2) is 35.5 Å². The summed E-state index contributed by atoms with van der Waals surface area (Å²) in [4.78, 5) is 40.0. The van der Waals surface area contributed by atoms with Crippen molar-refractivity contribution < 1.29 is 14.4 Å². The molecule has 2 unspecified atom stereocenters. The molecule has 2 atom stereocenters. The number of carbonyl (C=O) groups is 3. The van der Waals surface area contributed by atoms with E-state index in [9.17, 15) is 14.4 Å². The fraction of sp³-hybridized carbons (Fsp3) is 0.654. The first-order valence-corrected chi connectivity index (χ1v) is 11.9. The minimum Gasteiger partial charge on any atom is -0.336 e. The summed E-state index contributed by atoms with van der Waals surface area (Å²) in [5, 5.41) is 0. The molecule has 1 aromatic rings. The minimum atomic E-state index is -0.584. The second kappa shape index (κ2) is 14.9. The molecule has 0 fully saturated rings. The molecule has 0 aliphatic rings. The van der Waals surface area contributed by atoms with Gasteiger partial charge in [0.05, 0.1) is 6.42 Å². The van der Waals surface area contributed by atoms with Crippen LogP contribution in [0.2, 0.25) is 0 Å². The molecule has 0 aromatic heterocycles. The van der Waals surface area contributed by atoms with Crippen LogP contribution in [0.5, 0.6) is 0 Å². The quantitative estimate of drug-likeness (QED) is 0.186. The smallest absolute Gasteiger partial charge is 0.290 e. The van der Waals surface area contributed by atoms with E-state index in [-0.39, 0.29) is 12.2 Å². The standard InChI is InChI=1S/C26H41NO3/c1-5-9-14-21(7-3)19-27(20-22(8-4)15-10-6-2)26(30)25(29)18-24(28)23-16-12-11-13-17-23/h11-13,16-17,21-22H,5-10,14-15,18-20H2,1-4H3. The highest BCUT2D eigenvalue weighted by molar-refractivity contribution is 6.40. The molecule has 30 heavy (non-hydrogen) atoms. The van der Waals surface area contributed by atoms with Crippen LogP contribution in [0.15, 0.2) is 30.3 Å². The lowest BCUT2D eigenvalue weighted by molar-refractivity contribution is -0.145. The van der Waals surface area contributed by atoms with E-state index in [2.05, 4.69) is 27.7 Å². The van der Waals surface area contributed by atoms with Crippen molar-refractivity contribution >= 4 is 17.5 Å². The van der Waals surface area contributed by atoms with Gasteiger partial charge in [-0.3, -0.25) is 14.4 Å². The zero-order chi connectivity index (χ0) is 22.4. The van der Waals surface area contributed by atoms with Gasteiger partial charge in [0.25, 0.3) is 5.91 Å². The third-order valence-corrected chi connectivity index (χ3v) is 5.99. The van der Waals surface area contributed by atoms with Gasteiger partial charge in [0, 0.05) is 18.7 Å². The molecule has 0 aliphatic carbocycles. The van der Waals surface area contributed by atoms with Crippen molar-refractivity contribution in [2.24, 2.45) is 11.8 Å². The highest BCUT2D eigenvalue weighted by Gasteiger charge is 2.27. The Hall–Kier alpha value is -1.97. The Kier molecular flexibility index (Phi) is 13.0. The largest absolute Gasteiger partial charge is 0.336 e. The van der Waals surface area contributed by atoms with Crippen LogP contribution >= 0.6 is 0 Å². The summed E-state index contributed by atoms with van der Waals surface area (Å²) in [5.74, 6) is -0.556. The molecule has 0 aliphatic heterocycles. The van der Waals surface area contributed by atoms with Crippen LogP contribution in [-0.2, 0) is 9.59 Å². The van der Waals surface area contributed by atoms with E-state index in [0.29, 0.717) is 30.5 Å². The van der Waals surface area contributed by atoms with Crippen molar-refractivity contribution in [3.63, 3.8) is 0 Å². The van der Waals surface area contributed by atoms with Crippen molar-refractivity contribution in [2.75, 3.05) is 13.1 Å². The van der Waals surface area contributed by atoms with E-state index in [4.69, 9.17) is 0 Å². The second-order valence-corrected chi connectivity index (χ2v) is 8.43. The number of ketones is 2. The van der Waals surface area contributed by atoms with Gasteiger partial charge in [0.15, 0.2) is 5.78 Å². The Balaban J connectivity index is 2.89. The van der Waals surface area contributed by atoms with Crippen LogP contribution in [0, 0.1) is 11.8 Å². The fourth-order valence-electron chi connectivity index (χ4n) is 3.82. The number of nitrogens with zero attached hydrogens (tertiary/aromatic N) is 1. The van der Waals surface area contributed by atoms with E-state index in [1.807, 2.05) is 6.07 Å². The normalized spacial score (nSPS) is 12.9. The lowest BCUT2D eigenvalue weighted by atomic mass is 9.95. The molecular formula is C26H41NO3. The number of rotatable bonds is 16. The summed E-state index contributed by atoms with van der Waals surface area (Å²) in [7, 11) is 0. The van der Waals surface area contributed by atoms with E-state index in [1.54, 1.807) is 29.2 Å². The zero-order valence-electron chi connectivity index (χ0n) is 19.5. The first-order valence-electron chi connectivity index (χ1n) is 11.9. The molecule has 168 valence electrons. The van der Waals surface area contributed by atoms with E-state index < -0.39 is 11.7 Å². The highest BCUT2D eigenvalue weighted by Crippen LogP contribution is 2.19. The van der Waals surface area contributed by atoms with Crippen molar-refractivity contribution in [1.29, 1.82) is 0 Å². The van der Waals surface area contributed by atoms with Crippen molar-refractivity contribution in [3.05, 3.63) is 35.9 Å². The van der Waals surface area contributed by atoms with E-state index in [0.717, 1.165) is 51.4 Å². The summed E-state index contributed by atoms with van der Waals surface area (Å²) in [6, 6.07) is 8.74. The zero-order valence-corrected chi connectivity index (χ0v) is 19.5. The van der Waals surface area contributed by atoms with Crippen LogP contribution < -0.4 is 0 Å². The molecule has 1 aromatic carbocycles. The van der Waals surface area contributed by atoms with E-state index in [1.165, 1.54) is 0 Å². The van der Waals surface area contributed by atoms with Gasteiger partial charge in [-0.2, -0.15) is 0 Å². The molecule has 0 saturated heterocycles. The number of hydrogen-bond acceptors (Lipinski definition) is 3. The third-order valence-electron chi connectivity index (χ3n) is 5.99. The maximum Gasteiger partial charge on any atom is 0.290 e. The Morgan fingerprint density at radius 1 is 0.800 bits per heavy atom. The number of Topliss-reactive ketones (excluding diaryl/α,β-unsaturated/α-hetero) is 2. The van der Waals surface area contributed by atoms with Crippen LogP contribution in [0.1, 0.15) is 95.8 Å². The Labute approximate surface area is 183 Å². The molecule has 4 heteroatoms. The first-order chi connectivity index (χ1) is 14.5. The second-order valence-electron chi connectivity index (χ2n) is 8.43. The summed E-state index contributed by atoms with van der Waals surface area (Å²) in [6.45, 7) is 9.88. The molecule has 0 spiro atoms. The van der Waals surface area contributed by atoms with Crippen molar-refractivity contribution in [1.82, 2.24) is 4.90 Å². The van der Waals surface area contributed by atoms with Gasteiger partial charge in [0.2, 0.25) is 5.78 Å². The van der Waals surface area contributed by atoms with Crippen LogP contribution in [0.25, 0.3) is 0 Å². The lowest BCUT2D eigenvalue weighted by Crippen LogP contribution is -2.43. The number of hydrogen-bond donors (Lipinski definition) is 0. The monoisotopic (exact) mass is 415 g/mol. The topological polar surface area (TPSA) is 54.5 Å². The molecule has 0 saturated carbocycles. The predicted octanol–water partition coefficient (Wildman–Crippen LogP) is 6.09. The molecule has 1 rings (SSSR count). The lowest BCUT2D eigenvalue weighted by Gasteiger charge is -2.30. The SMILES string of the molecule is CCCCC(CC)CN(CC(CC)CCCC)C(=O)C(=O)CC(=O)c1ccccc1. The van der Waals surface area contributed by atoms with Crippen molar-refractivity contribution in [3.8, 4) is 0 Å². The summed E-state index contributed by atoms with van der Waals surface area (Å²) < 4.78 is 0. The van der Waals surface area contributed by atoms with Gasteiger partial charge in [0.1, 0.15) is 0 Å². The van der Waals surface area contributed by atoms with Crippen LogP contribution in [0.4, 0.5) is 0 Å². The van der Waals surface area contributed by atoms with Gasteiger partial charge < -0.3 is 4.90 Å². The highest BCUT2D eigenvalue weighted by atomic mass is 16.2. The Morgan fingerprint density at radius 3 is 1.73 bits per heavy atom. The average Bonchev–Trinajstić information content (AvgIpc) is 2.78. The molecule has 4 nitrogen and oxygen atoms in total. The van der Waals surface area contributed by atoms with E-state index >= 15 is 0 Å². The number of unbranched alkanes of at least 4 members (excludes halogenated alkanes) is 2. The predicted molar refractivity (Wildman–Crippen MR) is 124 cm³/mol. The van der Waals surface area contributed by atoms with Crippen LogP contribution in [0.3, 0.4) is 0 Å². The molecule has 0 N–H and O–H groups in total. The number of carbonyl (C=O) groups excluding carboxylic acids is 3. The van der Waals surface area contributed by atoms with Crippen molar-refractivity contribution in [2.45, 2.75) is 85.5 Å². The van der Waals surface area contributed by atoms with Gasteiger partial charge in [-0.05, 0) is 24.7 Å². The molecule has 1 amide bonds. The average molecular weight is 416 g/mol. The fourth-order valence-corrected chi connectivity index (χ4v) is 3.82. The molecular weight excluding hydrogens is 374 g/mol. The summed E-state index contributed by atoms with van der Waals surface area (Å²) >= 11 is 0. The number of amides is 1. The van der Waals surface area contributed by atoms with Gasteiger partial charge in [-0.15, -0.1) is 0 Å². The summed E-state index contributed by atoms with van der Waals surface area (Å²) in [6.07, 6.45) is 8.30. The number of benzene rings is 1. The maximum absolute atomic E-state index is 13.1. The maximum atomic E-state index is 13.1. The first kappa shape index (κ1) is 26.1. The molecule has 0 bridgehead atoms. The molecule has 0 heterocycles.